The van der Waals surface area contributed by atoms with E-state index in [1.807, 2.05) is 13.8 Å². The van der Waals surface area contributed by atoms with E-state index in [1.54, 1.807) is 18.2 Å². The van der Waals surface area contributed by atoms with Crippen LogP contribution in [0.2, 0.25) is 0 Å². The van der Waals surface area contributed by atoms with E-state index in [1.165, 1.54) is 18.9 Å². The van der Waals surface area contributed by atoms with E-state index in [4.69, 9.17) is 0 Å². The Labute approximate surface area is 136 Å². The molecule has 0 atom stereocenters. The molecular weight excluding hydrogens is 291 g/mol. The van der Waals surface area contributed by atoms with Crippen molar-refractivity contribution in [3.05, 3.63) is 41.3 Å². The molecule has 0 aliphatic carbocycles. The lowest BCUT2D eigenvalue weighted by molar-refractivity contribution is 0.389. The van der Waals surface area contributed by atoms with Crippen LogP contribution in [0.5, 0.6) is 0 Å². The van der Waals surface area contributed by atoms with Crippen molar-refractivity contribution in [1.29, 1.82) is 0 Å². The second-order valence-electron chi connectivity index (χ2n) is 6.16. The Hall–Kier alpha value is -2.01. The van der Waals surface area contributed by atoms with Crippen molar-refractivity contribution in [1.82, 2.24) is 15.3 Å². The van der Waals surface area contributed by atoms with Crippen LogP contribution in [0.3, 0.4) is 0 Å². The third-order valence-corrected chi connectivity index (χ3v) is 4.52. The molecule has 1 aromatic heterocycles. The highest BCUT2D eigenvalue weighted by Crippen LogP contribution is 2.24. The predicted octanol–water partition coefficient (Wildman–Crippen LogP) is 3.31. The lowest BCUT2D eigenvalue weighted by Gasteiger charge is -2.23. The van der Waals surface area contributed by atoms with Crippen molar-refractivity contribution in [2.24, 2.45) is 5.92 Å². The molecule has 2 N–H and O–H groups in total. The van der Waals surface area contributed by atoms with Crippen LogP contribution < -0.4 is 10.6 Å². The molecule has 1 aliphatic heterocycles. The normalized spacial score (nSPS) is 15.6. The Morgan fingerprint density at radius 3 is 2.65 bits per heavy atom. The molecule has 5 heteroatoms. The second kappa shape index (κ2) is 7.04. The number of aryl methyl sites for hydroxylation is 1. The molecule has 122 valence electrons. The fourth-order valence-corrected chi connectivity index (χ4v) is 2.89. The standard InChI is InChI=1S/C18H23FN4/c1-12-13(2)22-18(15-5-3-4-6-16(15)19)23-17(12)21-11-14-7-9-20-10-8-14/h3-6,14,20H,7-11H2,1-2H3,(H,21,22,23). The Bertz CT molecular complexity index is 681. The molecule has 1 aliphatic rings. The summed E-state index contributed by atoms with van der Waals surface area (Å²) in [6.45, 7) is 7.00. The van der Waals surface area contributed by atoms with Crippen LogP contribution in [-0.2, 0) is 0 Å². The number of piperidine rings is 1. The van der Waals surface area contributed by atoms with Gasteiger partial charge in [0.05, 0.1) is 5.56 Å². The number of hydrogen-bond acceptors (Lipinski definition) is 4. The average molecular weight is 314 g/mol. The molecule has 0 unspecified atom stereocenters. The van der Waals surface area contributed by atoms with Gasteiger partial charge in [-0.3, -0.25) is 0 Å². The zero-order valence-corrected chi connectivity index (χ0v) is 13.7. The summed E-state index contributed by atoms with van der Waals surface area (Å²) in [7, 11) is 0. The predicted molar refractivity (Wildman–Crippen MR) is 91.0 cm³/mol. The number of rotatable bonds is 4. The SMILES string of the molecule is Cc1nc(-c2ccccc2F)nc(NCC2CCNCC2)c1C. The average Bonchev–Trinajstić information content (AvgIpc) is 2.57. The minimum Gasteiger partial charge on any atom is -0.369 e. The van der Waals surface area contributed by atoms with Crippen LogP contribution in [0.1, 0.15) is 24.1 Å². The van der Waals surface area contributed by atoms with Crippen LogP contribution in [0.15, 0.2) is 24.3 Å². The second-order valence-corrected chi connectivity index (χ2v) is 6.16. The first kappa shape index (κ1) is 15.9. The van der Waals surface area contributed by atoms with Gasteiger partial charge in [0.2, 0.25) is 0 Å². The maximum atomic E-state index is 14.0. The Morgan fingerprint density at radius 1 is 1.17 bits per heavy atom. The van der Waals surface area contributed by atoms with Crippen LogP contribution in [0.4, 0.5) is 10.2 Å². The molecule has 0 amide bonds. The summed E-state index contributed by atoms with van der Waals surface area (Å²) < 4.78 is 14.0. The molecule has 1 aromatic carbocycles. The van der Waals surface area contributed by atoms with E-state index in [9.17, 15) is 4.39 Å². The molecule has 1 saturated heterocycles. The van der Waals surface area contributed by atoms with Gasteiger partial charge >= 0.3 is 0 Å². The number of anilines is 1. The topological polar surface area (TPSA) is 49.8 Å². The summed E-state index contributed by atoms with van der Waals surface area (Å²) in [6.07, 6.45) is 2.35. The van der Waals surface area contributed by atoms with Crippen LogP contribution in [0, 0.1) is 25.6 Å². The van der Waals surface area contributed by atoms with E-state index >= 15 is 0 Å². The van der Waals surface area contributed by atoms with E-state index in [0.717, 1.165) is 36.7 Å². The number of nitrogens with zero attached hydrogens (tertiary/aromatic N) is 2. The van der Waals surface area contributed by atoms with Crippen molar-refractivity contribution in [2.45, 2.75) is 26.7 Å². The van der Waals surface area contributed by atoms with Gasteiger partial charge in [0.15, 0.2) is 5.82 Å². The molecule has 0 saturated carbocycles. The molecule has 0 radical (unpaired) electrons. The molecule has 2 aromatic rings. The summed E-state index contributed by atoms with van der Waals surface area (Å²) in [6, 6.07) is 6.64. The van der Waals surface area contributed by atoms with E-state index < -0.39 is 0 Å². The van der Waals surface area contributed by atoms with Crippen LogP contribution in [0.25, 0.3) is 11.4 Å². The first-order chi connectivity index (χ1) is 11.1. The number of aromatic nitrogens is 2. The minimum atomic E-state index is -0.292. The molecule has 2 heterocycles. The van der Waals surface area contributed by atoms with E-state index in [2.05, 4.69) is 20.6 Å². The van der Waals surface area contributed by atoms with Gasteiger partial charge < -0.3 is 10.6 Å². The quantitative estimate of drug-likeness (QED) is 0.909. The van der Waals surface area contributed by atoms with Crippen molar-refractivity contribution in [2.75, 3.05) is 25.0 Å². The third kappa shape index (κ3) is 3.67. The van der Waals surface area contributed by atoms with Crippen molar-refractivity contribution < 1.29 is 4.39 Å². The lowest BCUT2D eigenvalue weighted by Crippen LogP contribution is -2.31. The maximum absolute atomic E-state index is 14.0. The summed E-state index contributed by atoms with van der Waals surface area (Å²) in [4.78, 5) is 9.03. The lowest BCUT2D eigenvalue weighted by atomic mass is 9.98. The van der Waals surface area contributed by atoms with Crippen molar-refractivity contribution >= 4 is 5.82 Å². The monoisotopic (exact) mass is 314 g/mol. The van der Waals surface area contributed by atoms with Gasteiger partial charge in [-0.2, -0.15) is 0 Å². The summed E-state index contributed by atoms with van der Waals surface area (Å²) in [5, 5.41) is 6.83. The molecule has 0 spiro atoms. The number of halogens is 1. The summed E-state index contributed by atoms with van der Waals surface area (Å²) in [5.41, 5.74) is 2.35. The summed E-state index contributed by atoms with van der Waals surface area (Å²) in [5.74, 6) is 1.62. The molecule has 23 heavy (non-hydrogen) atoms. The molecule has 1 fully saturated rings. The Balaban J connectivity index is 1.83. The van der Waals surface area contributed by atoms with Crippen molar-refractivity contribution in [3.63, 3.8) is 0 Å². The van der Waals surface area contributed by atoms with Gasteiger partial charge in [-0.05, 0) is 57.8 Å². The van der Waals surface area contributed by atoms with Gasteiger partial charge in [-0.15, -0.1) is 0 Å². The maximum Gasteiger partial charge on any atom is 0.164 e. The largest absolute Gasteiger partial charge is 0.369 e. The smallest absolute Gasteiger partial charge is 0.164 e. The zero-order chi connectivity index (χ0) is 16.2. The first-order valence-corrected chi connectivity index (χ1v) is 8.20. The molecule has 4 nitrogen and oxygen atoms in total. The third-order valence-electron chi connectivity index (χ3n) is 4.52. The highest BCUT2D eigenvalue weighted by atomic mass is 19.1. The van der Waals surface area contributed by atoms with Gasteiger partial charge in [0.1, 0.15) is 11.6 Å². The number of nitrogens with one attached hydrogen (secondary N) is 2. The Kier molecular flexibility index (Phi) is 4.86. The summed E-state index contributed by atoms with van der Waals surface area (Å²) >= 11 is 0. The van der Waals surface area contributed by atoms with E-state index in [0.29, 0.717) is 17.3 Å². The van der Waals surface area contributed by atoms with E-state index in [-0.39, 0.29) is 5.82 Å². The minimum absolute atomic E-state index is 0.292. The first-order valence-electron chi connectivity index (χ1n) is 8.20. The molecule has 3 rings (SSSR count). The van der Waals surface area contributed by atoms with Gasteiger partial charge in [0.25, 0.3) is 0 Å². The highest BCUT2D eigenvalue weighted by Gasteiger charge is 2.16. The molecule has 0 bridgehead atoms. The number of benzene rings is 1. The van der Waals surface area contributed by atoms with Gasteiger partial charge in [-0.25, -0.2) is 14.4 Å². The molecular formula is C18H23FN4. The highest BCUT2D eigenvalue weighted by molar-refractivity contribution is 5.60. The fourth-order valence-electron chi connectivity index (χ4n) is 2.89. The van der Waals surface area contributed by atoms with Gasteiger partial charge in [-0.1, -0.05) is 12.1 Å². The van der Waals surface area contributed by atoms with Gasteiger partial charge in [0, 0.05) is 17.8 Å². The van der Waals surface area contributed by atoms with Crippen LogP contribution in [-0.4, -0.2) is 29.6 Å². The fraction of sp³-hybridized carbons (Fsp3) is 0.444. The Morgan fingerprint density at radius 2 is 1.91 bits per heavy atom. The zero-order valence-electron chi connectivity index (χ0n) is 13.7. The van der Waals surface area contributed by atoms with Crippen LogP contribution >= 0.6 is 0 Å². The number of hydrogen-bond donors (Lipinski definition) is 2. The van der Waals surface area contributed by atoms with Crippen molar-refractivity contribution in [3.8, 4) is 11.4 Å².